The number of nitrogens with one attached hydrogen (secondary N) is 1. The van der Waals surface area contributed by atoms with Crippen molar-refractivity contribution in [3.05, 3.63) is 23.8 Å². The molecule has 0 saturated heterocycles. The largest absolute Gasteiger partial charge is 0.482 e. The summed E-state index contributed by atoms with van der Waals surface area (Å²) in [5.74, 6) is 2.93. The number of carbonyl (C=O) groups is 1. The van der Waals surface area contributed by atoms with Crippen molar-refractivity contribution in [3.63, 3.8) is 0 Å². The summed E-state index contributed by atoms with van der Waals surface area (Å²) in [7, 11) is 0. The fraction of sp³-hybridized carbons (Fsp3) is 0.562. The first-order valence-corrected chi connectivity index (χ1v) is 7.85. The summed E-state index contributed by atoms with van der Waals surface area (Å²) in [6, 6.07) is 5.95. The second kappa shape index (κ2) is 4.66. The molecule has 0 spiro atoms. The minimum Gasteiger partial charge on any atom is -0.482 e. The molecule has 4 rings (SSSR count). The molecule has 20 heavy (non-hydrogen) atoms. The fourth-order valence-corrected chi connectivity index (χ4v) is 4.62. The highest BCUT2D eigenvalue weighted by Crippen LogP contribution is 2.54. The summed E-state index contributed by atoms with van der Waals surface area (Å²) in [6.45, 7) is 0.100. The number of fused-ring (bicyclic) bond motifs is 3. The molecule has 4 heteroatoms. The van der Waals surface area contributed by atoms with Gasteiger partial charge in [0.25, 0.3) is 5.91 Å². The molecule has 4 unspecified atom stereocenters. The third-order valence-corrected chi connectivity index (χ3v) is 5.70. The number of hydrogen-bond donors (Lipinski definition) is 1. The highest BCUT2D eigenvalue weighted by molar-refractivity contribution is 6.21. The van der Waals surface area contributed by atoms with E-state index in [-0.39, 0.29) is 17.9 Å². The van der Waals surface area contributed by atoms with E-state index >= 15 is 0 Å². The standard InChI is InChI=1S/C16H18ClNO2/c17-16(12-6-9-1-2-10(12)5-9)11-3-4-14-13(7-11)18-15(19)8-20-14/h3-4,7,9-10,12,16H,1-2,5-6,8H2,(H,18,19). The average molecular weight is 292 g/mol. The highest BCUT2D eigenvalue weighted by atomic mass is 35.5. The Bertz CT molecular complexity index is 559. The first kappa shape index (κ1) is 12.5. The van der Waals surface area contributed by atoms with Crippen LogP contribution in [-0.4, -0.2) is 12.5 Å². The van der Waals surface area contributed by atoms with Crippen LogP contribution in [0.1, 0.15) is 36.6 Å². The van der Waals surface area contributed by atoms with Crippen LogP contribution in [0.3, 0.4) is 0 Å². The zero-order valence-electron chi connectivity index (χ0n) is 11.3. The van der Waals surface area contributed by atoms with Crippen LogP contribution < -0.4 is 10.1 Å². The molecule has 3 aliphatic rings. The van der Waals surface area contributed by atoms with E-state index in [1.54, 1.807) is 0 Å². The van der Waals surface area contributed by atoms with Gasteiger partial charge >= 0.3 is 0 Å². The van der Waals surface area contributed by atoms with Gasteiger partial charge < -0.3 is 10.1 Å². The highest BCUT2D eigenvalue weighted by Gasteiger charge is 2.43. The van der Waals surface area contributed by atoms with E-state index in [2.05, 4.69) is 5.32 Å². The van der Waals surface area contributed by atoms with Gasteiger partial charge in [-0.1, -0.05) is 12.5 Å². The van der Waals surface area contributed by atoms with Crippen LogP contribution in [0, 0.1) is 17.8 Å². The van der Waals surface area contributed by atoms with E-state index < -0.39 is 0 Å². The van der Waals surface area contributed by atoms with Gasteiger partial charge in [-0.05, 0) is 54.7 Å². The average Bonchev–Trinajstić information content (AvgIpc) is 3.08. The molecule has 0 aromatic heterocycles. The number of alkyl halides is 1. The van der Waals surface area contributed by atoms with Crippen molar-refractivity contribution in [1.29, 1.82) is 0 Å². The van der Waals surface area contributed by atoms with E-state index in [0.29, 0.717) is 5.92 Å². The van der Waals surface area contributed by atoms with Crippen molar-refractivity contribution in [2.75, 3.05) is 11.9 Å². The third kappa shape index (κ3) is 1.99. The zero-order chi connectivity index (χ0) is 13.7. The van der Waals surface area contributed by atoms with E-state index in [9.17, 15) is 4.79 Å². The van der Waals surface area contributed by atoms with E-state index in [1.807, 2.05) is 18.2 Å². The maximum absolute atomic E-state index is 11.4. The molecule has 1 heterocycles. The van der Waals surface area contributed by atoms with Crippen molar-refractivity contribution in [1.82, 2.24) is 0 Å². The summed E-state index contributed by atoms with van der Waals surface area (Å²) in [6.07, 6.45) is 5.35. The Labute approximate surface area is 123 Å². The molecule has 106 valence electrons. The summed E-state index contributed by atoms with van der Waals surface area (Å²) in [4.78, 5) is 11.4. The number of hydrogen-bond acceptors (Lipinski definition) is 2. The summed E-state index contributed by atoms with van der Waals surface area (Å²) < 4.78 is 5.39. The van der Waals surface area contributed by atoms with E-state index in [0.717, 1.165) is 28.8 Å². The molecular formula is C16H18ClNO2. The lowest BCUT2D eigenvalue weighted by Gasteiger charge is -2.27. The van der Waals surface area contributed by atoms with E-state index in [4.69, 9.17) is 16.3 Å². The number of anilines is 1. The van der Waals surface area contributed by atoms with Gasteiger partial charge in [-0.15, -0.1) is 11.6 Å². The maximum atomic E-state index is 11.4. The molecule has 2 fully saturated rings. The quantitative estimate of drug-likeness (QED) is 0.843. The van der Waals surface area contributed by atoms with Gasteiger partial charge in [0.15, 0.2) is 6.61 Å². The number of halogens is 1. The van der Waals surface area contributed by atoms with E-state index in [1.165, 1.54) is 25.7 Å². The smallest absolute Gasteiger partial charge is 0.262 e. The van der Waals surface area contributed by atoms with Crippen molar-refractivity contribution in [2.45, 2.75) is 31.1 Å². The molecule has 4 atom stereocenters. The predicted octanol–water partition coefficient (Wildman–Crippen LogP) is 3.73. The van der Waals surface area contributed by atoms with Crippen molar-refractivity contribution in [3.8, 4) is 5.75 Å². The summed E-state index contributed by atoms with van der Waals surface area (Å²) >= 11 is 6.73. The SMILES string of the molecule is O=C1COc2ccc(C(Cl)C3CC4CCC3C4)cc2N1. The summed E-state index contributed by atoms with van der Waals surface area (Å²) in [5, 5.41) is 2.91. The van der Waals surface area contributed by atoms with Gasteiger partial charge in [0.05, 0.1) is 11.1 Å². The molecule has 2 aliphatic carbocycles. The Hall–Kier alpha value is -1.22. The number of ether oxygens (including phenoxy) is 1. The van der Waals surface area contributed by atoms with Crippen LogP contribution in [0.25, 0.3) is 0 Å². The Morgan fingerprint density at radius 2 is 2.20 bits per heavy atom. The van der Waals surface area contributed by atoms with Crippen LogP contribution in [0.2, 0.25) is 0 Å². The van der Waals surface area contributed by atoms with Crippen LogP contribution in [0.4, 0.5) is 5.69 Å². The van der Waals surface area contributed by atoms with Crippen LogP contribution in [0.15, 0.2) is 18.2 Å². The topological polar surface area (TPSA) is 38.3 Å². The molecule has 1 amide bonds. The first-order valence-electron chi connectivity index (χ1n) is 7.41. The third-order valence-electron chi connectivity index (χ3n) is 5.12. The first-order chi connectivity index (χ1) is 9.70. The monoisotopic (exact) mass is 291 g/mol. The Kier molecular flexibility index (Phi) is 2.92. The van der Waals surface area contributed by atoms with Gasteiger partial charge in [0.1, 0.15) is 5.75 Å². The van der Waals surface area contributed by atoms with Crippen LogP contribution >= 0.6 is 11.6 Å². The molecule has 3 nitrogen and oxygen atoms in total. The lowest BCUT2D eigenvalue weighted by atomic mass is 9.84. The minimum atomic E-state index is -0.0966. The predicted molar refractivity (Wildman–Crippen MR) is 78.1 cm³/mol. The Morgan fingerprint density at radius 3 is 2.95 bits per heavy atom. The maximum Gasteiger partial charge on any atom is 0.262 e. The molecule has 0 radical (unpaired) electrons. The van der Waals surface area contributed by atoms with Crippen molar-refractivity contribution in [2.24, 2.45) is 17.8 Å². The fourth-order valence-electron chi connectivity index (χ4n) is 4.17. The molecule has 2 saturated carbocycles. The van der Waals surface area contributed by atoms with Crippen LogP contribution in [0.5, 0.6) is 5.75 Å². The van der Waals surface area contributed by atoms with Crippen molar-refractivity contribution < 1.29 is 9.53 Å². The van der Waals surface area contributed by atoms with Crippen LogP contribution in [-0.2, 0) is 4.79 Å². The molecular weight excluding hydrogens is 274 g/mol. The van der Waals surface area contributed by atoms with Crippen molar-refractivity contribution >= 4 is 23.2 Å². The molecule has 1 N–H and O–H groups in total. The number of carbonyl (C=O) groups excluding carboxylic acids is 1. The Morgan fingerprint density at radius 1 is 1.30 bits per heavy atom. The van der Waals surface area contributed by atoms with Gasteiger partial charge in [0, 0.05) is 0 Å². The number of benzene rings is 1. The molecule has 1 aromatic carbocycles. The Balaban J connectivity index is 1.59. The van der Waals surface area contributed by atoms with Gasteiger partial charge in [0.2, 0.25) is 0 Å². The van der Waals surface area contributed by atoms with Gasteiger partial charge in [-0.25, -0.2) is 0 Å². The molecule has 2 bridgehead atoms. The minimum absolute atomic E-state index is 0.0504. The van der Waals surface area contributed by atoms with Gasteiger partial charge in [-0.2, -0.15) is 0 Å². The lowest BCUT2D eigenvalue weighted by molar-refractivity contribution is -0.118. The number of rotatable bonds is 2. The molecule has 1 aromatic rings. The zero-order valence-corrected chi connectivity index (χ0v) is 12.0. The van der Waals surface area contributed by atoms with Gasteiger partial charge in [-0.3, -0.25) is 4.79 Å². The summed E-state index contributed by atoms with van der Waals surface area (Å²) in [5.41, 5.74) is 1.86. The second-order valence-corrected chi connectivity index (χ2v) is 6.80. The number of amides is 1. The normalized spacial score (nSPS) is 32.5. The second-order valence-electron chi connectivity index (χ2n) is 6.33. The molecule has 1 aliphatic heterocycles. The lowest BCUT2D eigenvalue weighted by Crippen LogP contribution is -2.25.